The highest BCUT2D eigenvalue weighted by Crippen LogP contribution is 2.26. The lowest BCUT2D eigenvalue weighted by Gasteiger charge is -2.07. The van der Waals surface area contributed by atoms with Gasteiger partial charge in [0.2, 0.25) is 0 Å². The van der Waals surface area contributed by atoms with Crippen molar-refractivity contribution < 1.29 is 9.90 Å². The smallest absolute Gasteiger partial charge is 0.340 e. The average Bonchev–Trinajstić information content (AvgIpc) is 2.86. The molecule has 0 aliphatic carbocycles. The molecule has 3 aromatic rings. The van der Waals surface area contributed by atoms with E-state index >= 15 is 0 Å². The van der Waals surface area contributed by atoms with Gasteiger partial charge in [0.05, 0.1) is 11.2 Å². The van der Waals surface area contributed by atoms with Gasteiger partial charge in [-0.05, 0) is 30.1 Å². The number of pyridine rings is 1. The summed E-state index contributed by atoms with van der Waals surface area (Å²) in [6.07, 6.45) is 1.76. The fraction of sp³-hybridized carbons (Fsp3) is 0.133. The Morgan fingerprint density at radius 1 is 1.33 bits per heavy atom. The van der Waals surface area contributed by atoms with Gasteiger partial charge in [0.25, 0.3) is 0 Å². The number of carboxylic acids is 1. The van der Waals surface area contributed by atoms with Gasteiger partial charge in [-0.2, -0.15) is 4.37 Å². The second kappa shape index (κ2) is 5.49. The summed E-state index contributed by atoms with van der Waals surface area (Å²) in [5.74, 6) is -0.959. The Balaban J connectivity index is 1.89. The number of fused-ring (bicyclic) bond motifs is 1. The van der Waals surface area contributed by atoms with Crippen LogP contribution >= 0.6 is 11.5 Å². The van der Waals surface area contributed by atoms with Gasteiger partial charge in [0.15, 0.2) is 0 Å². The molecule has 0 aliphatic heterocycles. The lowest BCUT2D eigenvalue weighted by molar-refractivity contribution is 0.0697. The number of nitrogens with one attached hydrogen (secondary N) is 1. The minimum absolute atomic E-state index is 0.244. The summed E-state index contributed by atoms with van der Waals surface area (Å²) in [6.45, 7) is 2.21. The number of para-hydroxylation sites is 1. The number of hydrogen-bond donors (Lipinski definition) is 2. The van der Waals surface area contributed by atoms with E-state index in [1.54, 1.807) is 13.1 Å². The van der Waals surface area contributed by atoms with Crippen LogP contribution < -0.4 is 5.32 Å². The van der Waals surface area contributed by atoms with Crippen LogP contribution in [0, 0.1) is 6.92 Å². The maximum Gasteiger partial charge on any atom is 0.340 e. The van der Waals surface area contributed by atoms with Crippen LogP contribution in [-0.2, 0) is 6.54 Å². The predicted molar refractivity (Wildman–Crippen MR) is 82.9 cm³/mol. The summed E-state index contributed by atoms with van der Waals surface area (Å²) in [6, 6.07) is 9.86. The molecule has 0 atom stereocenters. The van der Waals surface area contributed by atoms with E-state index in [1.807, 2.05) is 30.3 Å². The summed E-state index contributed by atoms with van der Waals surface area (Å²) in [7, 11) is 0. The number of aromatic carboxylic acids is 1. The second-order valence-electron chi connectivity index (χ2n) is 4.62. The summed E-state index contributed by atoms with van der Waals surface area (Å²) < 4.78 is 4.10. The van der Waals surface area contributed by atoms with Gasteiger partial charge in [0.1, 0.15) is 10.6 Å². The SMILES string of the molecule is Cc1nsc(NCc2cccc3cccnc23)c1C(=O)O. The zero-order valence-electron chi connectivity index (χ0n) is 11.3. The van der Waals surface area contributed by atoms with E-state index < -0.39 is 5.97 Å². The fourth-order valence-electron chi connectivity index (χ4n) is 2.23. The average molecular weight is 299 g/mol. The van der Waals surface area contributed by atoms with Crippen molar-refractivity contribution in [2.45, 2.75) is 13.5 Å². The molecular formula is C15H13N3O2S. The predicted octanol–water partition coefficient (Wildman–Crippen LogP) is 3.31. The molecule has 21 heavy (non-hydrogen) atoms. The largest absolute Gasteiger partial charge is 0.478 e. The molecule has 0 amide bonds. The lowest BCUT2D eigenvalue weighted by Crippen LogP contribution is -2.05. The molecule has 0 bridgehead atoms. The molecule has 0 fully saturated rings. The maximum absolute atomic E-state index is 11.2. The summed E-state index contributed by atoms with van der Waals surface area (Å²) in [4.78, 5) is 15.6. The van der Waals surface area contributed by atoms with Gasteiger partial charge in [-0.1, -0.05) is 24.3 Å². The van der Waals surface area contributed by atoms with Crippen molar-refractivity contribution >= 4 is 33.4 Å². The van der Waals surface area contributed by atoms with Gasteiger partial charge in [-0.3, -0.25) is 4.98 Å². The van der Waals surface area contributed by atoms with E-state index in [1.165, 1.54) is 11.5 Å². The van der Waals surface area contributed by atoms with Crippen molar-refractivity contribution in [1.29, 1.82) is 0 Å². The van der Waals surface area contributed by atoms with E-state index in [9.17, 15) is 9.90 Å². The van der Waals surface area contributed by atoms with E-state index in [0.29, 0.717) is 17.2 Å². The minimum atomic E-state index is -0.959. The minimum Gasteiger partial charge on any atom is -0.478 e. The number of benzene rings is 1. The van der Waals surface area contributed by atoms with Crippen LogP contribution in [0.4, 0.5) is 5.00 Å². The van der Waals surface area contributed by atoms with Crippen LogP contribution in [0.3, 0.4) is 0 Å². The molecule has 106 valence electrons. The first-order valence-electron chi connectivity index (χ1n) is 6.43. The van der Waals surface area contributed by atoms with Crippen molar-refractivity contribution in [3.8, 4) is 0 Å². The maximum atomic E-state index is 11.2. The van der Waals surface area contributed by atoms with Crippen molar-refractivity contribution in [1.82, 2.24) is 9.36 Å². The molecule has 0 spiro atoms. The molecule has 2 heterocycles. The number of anilines is 1. The van der Waals surface area contributed by atoms with Crippen LogP contribution in [0.25, 0.3) is 10.9 Å². The third-order valence-corrected chi connectivity index (χ3v) is 4.13. The number of carbonyl (C=O) groups is 1. The summed E-state index contributed by atoms with van der Waals surface area (Å²) in [5, 5.41) is 14.0. The molecule has 1 aromatic carbocycles. The topological polar surface area (TPSA) is 75.1 Å². The van der Waals surface area contributed by atoms with Crippen molar-refractivity contribution in [2.24, 2.45) is 0 Å². The highest BCUT2D eigenvalue weighted by Gasteiger charge is 2.17. The van der Waals surface area contributed by atoms with Crippen molar-refractivity contribution in [3.63, 3.8) is 0 Å². The highest BCUT2D eigenvalue weighted by molar-refractivity contribution is 7.10. The standard InChI is InChI=1S/C15H13N3O2S/c1-9-12(15(19)20)14(21-18-9)17-8-11-5-2-4-10-6-3-7-16-13(10)11/h2-7,17H,8H2,1H3,(H,19,20). The second-order valence-corrected chi connectivity index (χ2v) is 5.40. The summed E-state index contributed by atoms with van der Waals surface area (Å²) >= 11 is 1.17. The Labute approximate surface area is 125 Å². The molecule has 2 aromatic heterocycles. The third kappa shape index (κ3) is 2.57. The molecule has 6 heteroatoms. The van der Waals surface area contributed by atoms with Gasteiger partial charge in [-0.15, -0.1) is 0 Å². The first-order valence-corrected chi connectivity index (χ1v) is 7.20. The fourth-order valence-corrected chi connectivity index (χ4v) is 3.01. The molecule has 5 nitrogen and oxygen atoms in total. The van der Waals surface area contributed by atoms with Crippen LogP contribution in [0.2, 0.25) is 0 Å². The number of aryl methyl sites for hydroxylation is 1. The zero-order valence-corrected chi connectivity index (χ0v) is 12.1. The van der Waals surface area contributed by atoms with Crippen LogP contribution in [0.15, 0.2) is 36.5 Å². The molecular weight excluding hydrogens is 286 g/mol. The monoisotopic (exact) mass is 299 g/mol. The van der Waals surface area contributed by atoms with Crippen molar-refractivity contribution in [2.75, 3.05) is 5.32 Å². The Morgan fingerprint density at radius 3 is 2.95 bits per heavy atom. The van der Waals surface area contributed by atoms with Crippen LogP contribution in [0.1, 0.15) is 21.6 Å². The molecule has 0 unspecified atom stereocenters. The van der Waals surface area contributed by atoms with E-state index in [0.717, 1.165) is 16.5 Å². The summed E-state index contributed by atoms with van der Waals surface area (Å²) in [5.41, 5.74) is 2.72. The van der Waals surface area contributed by atoms with Crippen LogP contribution in [0.5, 0.6) is 0 Å². The molecule has 0 radical (unpaired) electrons. The number of nitrogens with zero attached hydrogens (tertiary/aromatic N) is 2. The highest BCUT2D eigenvalue weighted by atomic mass is 32.1. The lowest BCUT2D eigenvalue weighted by atomic mass is 10.1. The molecule has 3 rings (SSSR count). The molecule has 0 saturated carbocycles. The Kier molecular flexibility index (Phi) is 3.53. The van der Waals surface area contributed by atoms with E-state index in [-0.39, 0.29) is 5.56 Å². The Morgan fingerprint density at radius 2 is 2.14 bits per heavy atom. The quantitative estimate of drug-likeness (QED) is 0.773. The van der Waals surface area contributed by atoms with Crippen LogP contribution in [-0.4, -0.2) is 20.4 Å². The van der Waals surface area contributed by atoms with E-state index in [4.69, 9.17) is 0 Å². The number of carboxylic acid groups (broad SMARTS) is 1. The van der Waals surface area contributed by atoms with E-state index in [2.05, 4.69) is 14.7 Å². The molecule has 0 saturated heterocycles. The third-order valence-electron chi connectivity index (χ3n) is 3.23. The van der Waals surface area contributed by atoms with Crippen molar-refractivity contribution in [3.05, 3.63) is 53.3 Å². The van der Waals surface area contributed by atoms with Gasteiger partial charge in [0, 0.05) is 18.1 Å². The first-order chi connectivity index (χ1) is 10.2. The Hall–Kier alpha value is -2.47. The van der Waals surface area contributed by atoms with Gasteiger partial charge >= 0.3 is 5.97 Å². The zero-order chi connectivity index (χ0) is 14.8. The number of rotatable bonds is 4. The first kappa shape index (κ1) is 13.5. The normalized spacial score (nSPS) is 10.7. The Bertz CT molecular complexity index is 808. The van der Waals surface area contributed by atoms with Gasteiger partial charge < -0.3 is 10.4 Å². The number of hydrogen-bond acceptors (Lipinski definition) is 5. The molecule has 0 aliphatic rings. The molecule has 2 N–H and O–H groups in total. The van der Waals surface area contributed by atoms with Gasteiger partial charge in [-0.25, -0.2) is 4.79 Å². The number of aromatic nitrogens is 2.